The summed E-state index contributed by atoms with van der Waals surface area (Å²) in [6.45, 7) is 2.06. The first kappa shape index (κ1) is 40.4. The van der Waals surface area contributed by atoms with E-state index in [1.54, 1.807) is 0 Å². The van der Waals surface area contributed by atoms with Crippen molar-refractivity contribution in [2.45, 2.75) is 6.92 Å². The molecule has 11 aromatic rings. The van der Waals surface area contributed by atoms with E-state index in [0.717, 1.165) is 34.1 Å². The van der Waals surface area contributed by atoms with Crippen molar-refractivity contribution in [2.24, 2.45) is 0 Å². The topological polar surface area (TPSA) is 9.72 Å². The van der Waals surface area contributed by atoms with Gasteiger partial charge in [-0.05, 0) is 158 Å². The molecule has 2 aliphatic rings. The van der Waals surface area contributed by atoms with E-state index in [-0.39, 0.29) is 6.85 Å². The molecule has 0 saturated carbocycles. The third-order valence-corrected chi connectivity index (χ3v) is 14.1. The summed E-state index contributed by atoms with van der Waals surface area (Å²) in [5.74, 6) is 0. The smallest absolute Gasteiger partial charge is 0.333 e. The monoisotopic (exact) mass is 879 g/mol. The van der Waals surface area contributed by atoms with Crippen LogP contribution in [0.1, 0.15) is 5.56 Å². The Kier molecular flexibility index (Phi) is 9.83. The summed E-state index contributed by atoms with van der Waals surface area (Å²) in [5.41, 5.74) is 22.5. The lowest BCUT2D eigenvalue weighted by Crippen LogP contribution is -2.61. The minimum absolute atomic E-state index is 0.204. The fraction of sp³-hybridized carbons (Fsp3) is 0.0154. The van der Waals surface area contributed by atoms with Gasteiger partial charge in [0.05, 0.1) is 0 Å². The molecule has 69 heavy (non-hydrogen) atoms. The van der Waals surface area contributed by atoms with E-state index in [2.05, 4.69) is 282 Å². The van der Waals surface area contributed by atoms with Crippen LogP contribution in [0.15, 0.2) is 261 Å². The number of nitrogens with zero attached hydrogens (tertiary/aromatic N) is 3. The van der Waals surface area contributed by atoms with Gasteiger partial charge in [-0.15, -0.1) is 0 Å². The molecule has 0 unspecified atom stereocenters. The average Bonchev–Trinajstić information content (AvgIpc) is 3.42. The molecule has 13 rings (SSSR count). The maximum atomic E-state index is 2.64. The fourth-order valence-electron chi connectivity index (χ4n) is 11.0. The number of hydrogen-bond acceptors (Lipinski definition) is 3. The summed E-state index contributed by atoms with van der Waals surface area (Å²) in [6, 6.07) is 95.7. The fourth-order valence-corrected chi connectivity index (χ4v) is 11.0. The molecular formula is C65H46BN3. The highest BCUT2D eigenvalue weighted by atomic mass is 15.2. The van der Waals surface area contributed by atoms with Crippen molar-refractivity contribution in [3.05, 3.63) is 266 Å². The highest BCUT2D eigenvalue weighted by molar-refractivity contribution is 6.94. The predicted octanol–water partition coefficient (Wildman–Crippen LogP) is 16.3. The molecule has 11 aromatic carbocycles. The lowest BCUT2D eigenvalue weighted by Gasteiger charge is -2.46. The Morgan fingerprint density at radius 1 is 0.362 bits per heavy atom. The van der Waals surface area contributed by atoms with Gasteiger partial charge in [-0.1, -0.05) is 176 Å². The molecule has 0 aromatic heterocycles. The molecule has 0 N–H and O–H groups in total. The molecule has 0 saturated heterocycles. The van der Waals surface area contributed by atoms with Crippen molar-refractivity contribution >= 4 is 74.0 Å². The maximum Gasteiger partial charge on any atom is 0.333 e. The SMILES string of the molecule is Cc1cc(-c2ccccc2)ccc1N1c2ccc(N(c3ccccc3)c3ccccc3)cc2B2c3c1cc1ccccc1c3-c1cc(-c3ccccc3)ccc1N2c1cccc(-c2ccccc2)c1. The molecule has 0 bridgehead atoms. The van der Waals surface area contributed by atoms with Gasteiger partial charge in [0.15, 0.2) is 0 Å². The molecule has 0 atom stereocenters. The van der Waals surface area contributed by atoms with Crippen molar-refractivity contribution in [1.29, 1.82) is 0 Å². The third kappa shape index (κ3) is 6.91. The lowest BCUT2D eigenvalue weighted by atomic mass is 9.43. The van der Waals surface area contributed by atoms with Gasteiger partial charge in [0.25, 0.3) is 0 Å². The second-order valence-electron chi connectivity index (χ2n) is 18.1. The van der Waals surface area contributed by atoms with E-state index in [9.17, 15) is 0 Å². The summed E-state index contributed by atoms with van der Waals surface area (Å²) < 4.78 is 0. The van der Waals surface area contributed by atoms with E-state index >= 15 is 0 Å². The standard InChI is InChI=1S/C65H46BN3/c1-45-40-50(47-22-9-3-10-23-47)34-37-60(45)68-62-39-36-55(67(53-28-13-5-14-29-53)54-30-15-6-16-31-54)44-59(62)66-65-63(68)43-52-26-17-18-33-57(52)64(65)58-42-51(48-24-11-4-12-25-48)35-38-61(58)69(66)56-32-19-27-49(41-56)46-20-7-2-8-21-46/h2-44H,1H3. The average molecular weight is 880 g/mol. The molecule has 2 heterocycles. The van der Waals surface area contributed by atoms with Gasteiger partial charge in [-0.3, -0.25) is 0 Å². The summed E-state index contributed by atoms with van der Waals surface area (Å²) in [4.78, 5) is 7.59. The number of anilines is 8. The van der Waals surface area contributed by atoms with Gasteiger partial charge in [0.2, 0.25) is 0 Å². The van der Waals surface area contributed by atoms with Crippen molar-refractivity contribution in [3.63, 3.8) is 0 Å². The molecule has 4 heteroatoms. The number of fused-ring (bicyclic) bond motifs is 6. The minimum atomic E-state index is -0.204. The molecule has 0 spiro atoms. The van der Waals surface area contributed by atoms with Gasteiger partial charge in [-0.2, -0.15) is 0 Å². The van der Waals surface area contributed by atoms with E-state index in [1.807, 2.05) is 0 Å². The Bertz CT molecular complexity index is 3650. The minimum Gasteiger partial charge on any atom is -0.376 e. The Hall–Kier alpha value is -8.86. The van der Waals surface area contributed by atoms with Gasteiger partial charge in [-0.25, -0.2) is 0 Å². The third-order valence-electron chi connectivity index (χ3n) is 14.1. The largest absolute Gasteiger partial charge is 0.376 e. The Morgan fingerprint density at radius 2 is 0.884 bits per heavy atom. The highest BCUT2D eigenvalue weighted by Gasteiger charge is 2.46. The lowest BCUT2D eigenvalue weighted by molar-refractivity contribution is 1.24. The van der Waals surface area contributed by atoms with Gasteiger partial charge in [0, 0.05) is 51.1 Å². The van der Waals surface area contributed by atoms with Crippen LogP contribution in [0.5, 0.6) is 0 Å². The molecular weight excluding hydrogens is 834 g/mol. The van der Waals surface area contributed by atoms with Crippen LogP contribution < -0.4 is 25.5 Å². The molecule has 0 aliphatic carbocycles. The first-order valence-electron chi connectivity index (χ1n) is 23.9. The summed E-state index contributed by atoms with van der Waals surface area (Å²) in [5, 5.41) is 2.46. The highest BCUT2D eigenvalue weighted by Crippen LogP contribution is 2.51. The van der Waals surface area contributed by atoms with Gasteiger partial charge in [0.1, 0.15) is 0 Å². The Morgan fingerprint density at radius 3 is 1.51 bits per heavy atom. The molecule has 324 valence electrons. The summed E-state index contributed by atoms with van der Waals surface area (Å²) in [6.07, 6.45) is 0. The zero-order valence-corrected chi connectivity index (χ0v) is 38.2. The second-order valence-corrected chi connectivity index (χ2v) is 18.1. The second kappa shape index (κ2) is 16.8. The zero-order chi connectivity index (χ0) is 45.8. The van der Waals surface area contributed by atoms with Gasteiger partial charge >= 0.3 is 6.85 Å². The van der Waals surface area contributed by atoms with E-state index in [1.165, 1.54) is 83.1 Å². The van der Waals surface area contributed by atoms with Crippen LogP contribution >= 0.6 is 0 Å². The number of hydrogen-bond donors (Lipinski definition) is 0. The number of para-hydroxylation sites is 2. The quantitative estimate of drug-likeness (QED) is 0.141. The van der Waals surface area contributed by atoms with Crippen LogP contribution in [0, 0.1) is 6.92 Å². The maximum absolute atomic E-state index is 2.64. The first-order valence-corrected chi connectivity index (χ1v) is 23.9. The first-order chi connectivity index (χ1) is 34.2. The van der Waals surface area contributed by atoms with Crippen LogP contribution in [0.25, 0.3) is 55.3 Å². The Labute approximate surface area is 404 Å². The molecule has 0 amide bonds. The van der Waals surface area contributed by atoms with Gasteiger partial charge < -0.3 is 14.6 Å². The van der Waals surface area contributed by atoms with Crippen LogP contribution in [-0.2, 0) is 0 Å². The van der Waals surface area contributed by atoms with E-state index < -0.39 is 0 Å². The van der Waals surface area contributed by atoms with Crippen LogP contribution in [0.4, 0.5) is 45.5 Å². The van der Waals surface area contributed by atoms with Crippen LogP contribution in [0.2, 0.25) is 0 Å². The van der Waals surface area contributed by atoms with Crippen molar-refractivity contribution < 1.29 is 0 Å². The molecule has 0 radical (unpaired) electrons. The molecule has 2 aliphatic heterocycles. The summed E-state index contributed by atoms with van der Waals surface area (Å²) >= 11 is 0. The normalized spacial score (nSPS) is 12.3. The van der Waals surface area contributed by atoms with Crippen LogP contribution in [0.3, 0.4) is 0 Å². The number of aryl methyl sites for hydroxylation is 1. The number of benzene rings is 11. The predicted molar refractivity (Wildman–Crippen MR) is 293 cm³/mol. The van der Waals surface area contributed by atoms with Crippen LogP contribution in [-0.4, -0.2) is 6.85 Å². The van der Waals surface area contributed by atoms with E-state index in [4.69, 9.17) is 0 Å². The van der Waals surface area contributed by atoms with Crippen molar-refractivity contribution in [3.8, 4) is 44.5 Å². The number of rotatable bonds is 8. The Balaban J connectivity index is 1.14. The summed E-state index contributed by atoms with van der Waals surface area (Å²) in [7, 11) is 0. The van der Waals surface area contributed by atoms with E-state index in [0.29, 0.717) is 0 Å². The molecule has 0 fully saturated rings. The van der Waals surface area contributed by atoms with Crippen molar-refractivity contribution in [2.75, 3.05) is 14.6 Å². The molecule has 3 nitrogen and oxygen atoms in total. The van der Waals surface area contributed by atoms with Crippen molar-refractivity contribution in [1.82, 2.24) is 0 Å². The zero-order valence-electron chi connectivity index (χ0n) is 38.2.